The molecule has 0 aromatic rings. The highest BCUT2D eigenvalue weighted by Crippen LogP contribution is 2.31. The van der Waals surface area contributed by atoms with Crippen LogP contribution in [0.2, 0.25) is 0 Å². The topological polar surface area (TPSA) is 49.3 Å². The average Bonchev–Trinajstić information content (AvgIpc) is 2.48. The molecule has 1 aliphatic heterocycles. The molecule has 0 amide bonds. The minimum absolute atomic E-state index is 0.318. The monoisotopic (exact) mass is 245 g/mol. The van der Waals surface area contributed by atoms with Crippen LogP contribution in [0.15, 0.2) is 0 Å². The van der Waals surface area contributed by atoms with Gasteiger partial charge in [0.25, 0.3) is 0 Å². The van der Waals surface area contributed by atoms with E-state index in [-0.39, 0.29) is 6.04 Å². The van der Waals surface area contributed by atoms with E-state index in [4.69, 9.17) is 5.11 Å². The fourth-order valence-electron chi connectivity index (χ4n) is 2.31. The van der Waals surface area contributed by atoms with E-state index < -0.39 is 5.97 Å². The third kappa shape index (κ3) is 4.74. The summed E-state index contributed by atoms with van der Waals surface area (Å²) in [6.45, 7) is 9.00. The quantitative estimate of drug-likeness (QED) is 0.799. The van der Waals surface area contributed by atoms with Crippen LogP contribution in [-0.4, -0.2) is 28.2 Å². The van der Waals surface area contributed by atoms with E-state index in [0.717, 1.165) is 6.42 Å². The Bertz CT molecular complexity index is 250. The predicted octanol–water partition coefficient (Wildman–Crippen LogP) is 2.56. The van der Waals surface area contributed by atoms with E-state index in [0.29, 0.717) is 22.5 Å². The Hall–Kier alpha value is -0.220. The summed E-state index contributed by atoms with van der Waals surface area (Å²) in [5, 5.41) is 12.4. The summed E-state index contributed by atoms with van der Waals surface area (Å²) in [5.41, 5.74) is 0.356. The highest BCUT2D eigenvalue weighted by molar-refractivity contribution is 8.00. The first-order chi connectivity index (χ1) is 7.28. The molecule has 0 spiro atoms. The van der Waals surface area contributed by atoms with Gasteiger partial charge in [-0.1, -0.05) is 27.7 Å². The number of aliphatic carboxylic acids is 1. The molecule has 0 bridgehead atoms. The number of carboxylic acids is 1. The maximum atomic E-state index is 10.8. The van der Waals surface area contributed by atoms with Crippen LogP contribution in [0.3, 0.4) is 0 Å². The standard InChI is InChI=1S/C12H23NO2S/c1-8(6-12(2,3)4)5-10-13-9(7-16-10)11(14)15/h8-10,13H,5-7H2,1-4H3,(H,14,15)/t8-,9-,10+/m0/s1. The van der Waals surface area contributed by atoms with E-state index in [2.05, 4.69) is 33.0 Å². The van der Waals surface area contributed by atoms with E-state index in [1.54, 1.807) is 11.8 Å². The average molecular weight is 245 g/mol. The van der Waals surface area contributed by atoms with Gasteiger partial charge in [0.2, 0.25) is 0 Å². The second-order valence-electron chi connectivity index (χ2n) is 5.99. The number of hydrogen-bond acceptors (Lipinski definition) is 3. The van der Waals surface area contributed by atoms with Gasteiger partial charge in [-0.15, -0.1) is 11.8 Å². The van der Waals surface area contributed by atoms with Gasteiger partial charge in [-0.2, -0.15) is 0 Å². The number of rotatable bonds is 4. The van der Waals surface area contributed by atoms with Crippen molar-refractivity contribution < 1.29 is 9.90 Å². The molecule has 3 atom stereocenters. The number of carboxylic acid groups (broad SMARTS) is 1. The van der Waals surface area contributed by atoms with Crippen LogP contribution in [-0.2, 0) is 4.79 Å². The molecule has 2 N–H and O–H groups in total. The van der Waals surface area contributed by atoms with Crippen LogP contribution >= 0.6 is 11.8 Å². The van der Waals surface area contributed by atoms with Crippen molar-refractivity contribution in [1.29, 1.82) is 0 Å². The summed E-state index contributed by atoms with van der Waals surface area (Å²) in [5.74, 6) is 0.610. The first-order valence-corrected chi connectivity index (χ1v) is 6.93. The first kappa shape index (κ1) is 13.8. The van der Waals surface area contributed by atoms with Crippen molar-refractivity contribution >= 4 is 17.7 Å². The van der Waals surface area contributed by atoms with Gasteiger partial charge in [0, 0.05) is 5.75 Å². The van der Waals surface area contributed by atoms with Crippen molar-refractivity contribution in [3.8, 4) is 0 Å². The van der Waals surface area contributed by atoms with Gasteiger partial charge in [0.1, 0.15) is 6.04 Å². The van der Waals surface area contributed by atoms with Gasteiger partial charge in [-0.3, -0.25) is 10.1 Å². The van der Waals surface area contributed by atoms with Crippen molar-refractivity contribution in [2.45, 2.75) is 52.0 Å². The smallest absolute Gasteiger partial charge is 0.321 e. The van der Waals surface area contributed by atoms with Gasteiger partial charge < -0.3 is 5.11 Å². The Kier molecular flexibility index (Phi) is 4.68. The molecule has 0 aromatic carbocycles. The maximum absolute atomic E-state index is 10.8. The van der Waals surface area contributed by atoms with Crippen LogP contribution in [0.4, 0.5) is 0 Å². The third-order valence-corrected chi connectivity index (χ3v) is 3.98. The molecule has 1 aliphatic rings. The third-order valence-electron chi connectivity index (χ3n) is 2.73. The molecule has 1 fully saturated rings. The Balaban J connectivity index is 2.31. The van der Waals surface area contributed by atoms with Crippen LogP contribution < -0.4 is 5.32 Å². The minimum Gasteiger partial charge on any atom is -0.480 e. The molecule has 1 saturated heterocycles. The molecular formula is C12H23NO2S. The zero-order valence-corrected chi connectivity index (χ0v) is 11.4. The number of nitrogens with one attached hydrogen (secondary N) is 1. The Labute approximate surface area is 102 Å². The molecule has 16 heavy (non-hydrogen) atoms. The fourth-order valence-corrected chi connectivity index (χ4v) is 3.69. The normalized spacial score (nSPS) is 28.0. The molecule has 4 heteroatoms. The largest absolute Gasteiger partial charge is 0.480 e. The molecule has 0 saturated carbocycles. The van der Waals surface area contributed by atoms with Crippen LogP contribution in [0, 0.1) is 11.3 Å². The van der Waals surface area contributed by atoms with Crippen LogP contribution in [0.5, 0.6) is 0 Å². The summed E-state index contributed by atoms with van der Waals surface area (Å²) in [6, 6.07) is -0.350. The SMILES string of the molecule is C[C@@H](C[C@@H]1N[C@H](C(=O)O)CS1)CC(C)(C)C. The zero-order chi connectivity index (χ0) is 12.3. The molecular weight excluding hydrogens is 222 g/mol. The van der Waals surface area contributed by atoms with Crippen molar-refractivity contribution in [2.75, 3.05) is 5.75 Å². The van der Waals surface area contributed by atoms with E-state index in [1.165, 1.54) is 6.42 Å². The van der Waals surface area contributed by atoms with Gasteiger partial charge in [0.15, 0.2) is 0 Å². The second-order valence-corrected chi connectivity index (χ2v) is 7.22. The molecule has 0 unspecified atom stereocenters. The lowest BCUT2D eigenvalue weighted by atomic mass is 9.84. The lowest BCUT2D eigenvalue weighted by molar-refractivity contribution is -0.138. The number of hydrogen-bond donors (Lipinski definition) is 2. The lowest BCUT2D eigenvalue weighted by Gasteiger charge is -2.25. The predicted molar refractivity (Wildman–Crippen MR) is 68.7 cm³/mol. The van der Waals surface area contributed by atoms with Gasteiger partial charge in [-0.05, 0) is 24.2 Å². The fraction of sp³-hybridized carbons (Fsp3) is 0.917. The summed E-state index contributed by atoms with van der Waals surface area (Å²) in [4.78, 5) is 10.8. The molecule has 0 radical (unpaired) electrons. The molecule has 1 heterocycles. The van der Waals surface area contributed by atoms with Crippen molar-refractivity contribution in [3.05, 3.63) is 0 Å². The van der Waals surface area contributed by atoms with E-state index in [1.807, 2.05) is 0 Å². The van der Waals surface area contributed by atoms with Gasteiger partial charge in [0.05, 0.1) is 5.37 Å². The molecule has 94 valence electrons. The highest BCUT2D eigenvalue weighted by atomic mass is 32.2. The van der Waals surface area contributed by atoms with Crippen LogP contribution in [0.1, 0.15) is 40.5 Å². The Morgan fingerprint density at radius 3 is 2.62 bits per heavy atom. The van der Waals surface area contributed by atoms with Gasteiger partial charge >= 0.3 is 5.97 Å². The summed E-state index contributed by atoms with van der Waals surface area (Å²) in [7, 11) is 0. The first-order valence-electron chi connectivity index (χ1n) is 5.88. The molecule has 1 rings (SSSR count). The summed E-state index contributed by atoms with van der Waals surface area (Å²) >= 11 is 1.74. The zero-order valence-electron chi connectivity index (χ0n) is 10.6. The maximum Gasteiger partial charge on any atom is 0.321 e. The lowest BCUT2D eigenvalue weighted by Crippen LogP contribution is -2.37. The van der Waals surface area contributed by atoms with Crippen molar-refractivity contribution in [2.24, 2.45) is 11.3 Å². The Morgan fingerprint density at radius 2 is 2.19 bits per heavy atom. The van der Waals surface area contributed by atoms with E-state index >= 15 is 0 Å². The number of thioether (sulfide) groups is 1. The van der Waals surface area contributed by atoms with Gasteiger partial charge in [-0.25, -0.2) is 0 Å². The molecule has 0 aromatic heterocycles. The van der Waals surface area contributed by atoms with Crippen molar-refractivity contribution in [1.82, 2.24) is 5.32 Å². The van der Waals surface area contributed by atoms with Crippen LogP contribution in [0.25, 0.3) is 0 Å². The number of carbonyl (C=O) groups is 1. The Morgan fingerprint density at radius 1 is 1.56 bits per heavy atom. The molecule has 3 nitrogen and oxygen atoms in total. The second kappa shape index (κ2) is 5.41. The van der Waals surface area contributed by atoms with E-state index in [9.17, 15) is 4.79 Å². The minimum atomic E-state index is -0.724. The highest BCUT2D eigenvalue weighted by Gasteiger charge is 2.30. The summed E-state index contributed by atoms with van der Waals surface area (Å²) in [6.07, 6.45) is 2.25. The summed E-state index contributed by atoms with van der Waals surface area (Å²) < 4.78 is 0. The molecule has 0 aliphatic carbocycles. The van der Waals surface area contributed by atoms with Crippen molar-refractivity contribution in [3.63, 3.8) is 0 Å².